The molecule has 106 valence electrons. The van der Waals surface area contributed by atoms with Gasteiger partial charge in [0, 0.05) is 19.1 Å². The summed E-state index contributed by atoms with van der Waals surface area (Å²) in [5.41, 5.74) is 0. The Balaban J connectivity index is 1.66. The highest BCUT2D eigenvalue weighted by molar-refractivity contribution is 5.82. The van der Waals surface area contributed by atoms with E-state index >= 15 is 0 Å². The molecule has 2 saturated heterocycles. The third-order valence-electron chi connectivity index (χ3n) is 4.56. The van der Waals surface area contributed by atoms with E-state index in [1.807, 2.05) is 4.90 Å². The summed E-state index contributed by atoms with van der Waals surface area (Å²) in [6, 6.07) is 0.608. The summed E-state index contributed by atoms with van der Waals surface area (Å²) in [5.74, 6) is 0.333. The Morgan fingerprint density at radius 1 is 1.11 bits per heavy atom. The summed E-state index contributed by atoms with van der Waals surface area (Å²) < 4.78 is 5.34. The number of morpholine rings is 1. The van der Waals surface area contributed by atoms with Crippen LogP contribution in [0.1, 0.15) is 32.1 Å². The van der Waals surface area contributed by atoms with Gasteiger partial charge in [-0.2, -0.15) is 0 Å². The van der Waals surface area contributed by atoms with E-state index in [-0.39, 0.29) is 6.04 Å². The normalized spacial score (nSPS) is 32.7. The quantitative estimate of drug-likeness (QED) is 0.707. The molecule has 0 aromatic carbocycles. The molecule has 0 radical (unpaired) electrons. The lowest BCUT2D eigenvalue weighted by molar-refractivity contribution is -0.140. The van der Waals surface area contributed by atoms with Crippen molar-refractivity contribution < 1.29 is 9.53 Å². The molecule has 0 N–H and O–H groups in total. The Morgan fingerprint density at radius 3 is 2.68 bits per heavy atom. The van der Waals surface area contributed by atoms with Gasteiger partial charge >= 0.3 is 0 Å². The van der Waals surface area contributed by atoms with Gasteiger partial charge in [-0.1, -0.05) is 12.2 Å². The van der Waals surface area contributed by atoms with Crippen LogP contribution in [-0.4, -0.2) is 60.6 Å². The molecule has 1 aliphatic carbocycles. The van der Waals surface area contributed by atoms with Gasteiger partial charge in [0.1, 0.15) is 0 Å². The minimum Gasteiger partial charge on any atom is -0.378 e. The van der Waals surface area contributed by atoms with Crippen molar-refractivity contribution >= 4 is 5.91 Å². The predicted octanol–water partition coefficient (Wildman–Crippen LogP) is 1.42. The first-order valence-corrected chi connectivity index (χ1v) is 7.65. The van der Waals surface area contributed by atoms with Gasteiger partial charge in [-0.15, -0.1) is 0 Å². The van der Waals surface area contributed by atoms with Gasteiger partial charge in [0.15, 0.2) is 0 Å². The average molecular weight is 264 g/mol. The molecule has 2 aliphatic heterocycles. The molecular formula is C15H24N2O2. The number of amides is 1. The minimum absolute atomic E-state index is 0.117. The number of rotatable bonds is 2. The Hall–Kier alpha value is -0.870. The highest BCUT2D eigenvalue weighted by Crippen LogP contribution is 2.27. The Bertz CT molecular complexity index is 350. The van der Waals surface area contributed by atoms with Crippen molar-refractivity contribution in [2.24, 2.45) is 0 Å². The molecule has 4 nitrogen and oxygen atoms in total. The number of nitrogens with zero attached hydrogens (tertiary/aromatic N) is 2. The predicted molar refractivity (Wildman–Crippen MR) is 73.9 cm³/mol. The van der Waals surface area contributed by atoms with E-state index in [0.717, 1.165) is 32.5 Å². The first-order chi connectivity index (χ1) is 9.36. The van der Waals surface area contributed by atoms with Gasteiger partial charge in [-0.3, -0.25) is 9.69 Å². The number of likely N-dealkylation sites (tertiary alicyclic amines) is 1. The monoisotopic (exact) mass is 264 g/mol. The van der Waals surface area contributed by atoms with E-state index in [2.05, 4.69) is 17.1 Å². The maximum absolute atomic E-state index is 12.7. The molecule has 0 aromatic rings. The van der Waals surface area contributed by atoms with Crippen LogP contribution in [0.15, 0.2) is 12.2 Å². The maximum atomic E-state index is 12.7. The standard InChI is InChI=1S/C15H24N2O2/c18-15(16-9-11-19-12-10-16)14-7-4-8-17(14)13-5-2-1-3-6-13/h2,5,13-14H,1,3-4,6-12H2/t13-,14-/m0/s1. The number of hydrogen-bond acceptors (Lipinski definition) is 3. The highest BCUT2D eigenvalue weighted by Gasteiger charge is 2.37. The van der Waals surface area contributed by atoms with Crippen LogP contribution in [0.4, 0.5) is 0 Å². The van der Waals surface area contributed by atoms with Crippen LogP contribution in [0.2, 0.25) is 0 Å². The Morgan fingerprint density at radius 2 is 1.95 bits per heavy atom. The molecule has 0 saturated carbocycles. The van der Waals surface area contributed by atoms with Gasteiger partial charge in [-0.25, -0.2) is 0 Å². The molecule has 1 amide bonds. The van der Waals surface area contributed by atoms with Gasteiger partial charge in [0.25, 0.3) is 0 Å². The third kappa shape index (κ3) is 2.84. The zero-order valence-corrected chi connectivity index (χ0v) is 11.6. The molecule has 0 aromatic heterocycles. The molecule has 2 atom stereocenters. The van der Waals surface area contributed by atoms with Crippen molar-refractivity contribution in [1.29, 1.82) is 0 Å². The second-order valence-electron chi connectivity index (χ2n) is 5.76. The van der Waals surface area contributed by atoms with E-state index in [0.29, 0.717) is 25.2 Å². The second-order valence-corrected chi connectivity index (χ2v) is 5.76. The molecule has 2 fully saturated rings. The van der Waals surface area contributed by atoms with Crippen LogP contribution < -0.4 is 0 Å². The lowest BCUT2D eigenvalue weighted by Crippen LogP contribution is -2.51. The lowest BCUT2D eigenvalue weighted by Gasteiger charge is -2.36. The van der Waals surface area contributed by atoms with E-state index in [9.17, 15) is 4.79 Å². The molecule has 19 heavy (non-hydrogen) atoms. The van der Waals surface area contributed by atoms with E-state index in [1.54, 1.807) is 0 Å². The highest BCUT2D eigenvalue weighted by atomic mass is 16.5. The fraction of sp³-hybridized carbons (Fsp3) is 0.800. The first kappa shape index (κ1) is 13.1. The van der Waals surface area contributed by atoms with Crippen molar-refractivity contribution in [1.82, 2.24) is 9.80 Å². The summed E-state index contributed by atoms with van der Waals surface area (Å²) in [7, 11) is 0. The topological polar surface area (TPSA) is 32.8 Å². The van der Waals surface area contributed by atoms with E-state index in [4.69, 9.17) is 4.74 Å². The Labute approximate surface area is 115 Å². The fourth-order valence-corrected chi connectivity index (χ4v) is 3.52. The van der Waals surface area contributed by atoms with Crippen LogP contribution in [0.3, 0.4) is 0 Å². The SMILES string of the molecule is O=C([C@@H]1CCCN1[C@H]1C=CCCC1)N1CCOCC1. The number of carbonyl (C=O) groups excluding carboxylic acids is 1. The van der Waals surface area contributed by atoms with Crippen LogP contribution in [0.25, 0.3) is 0 Å². The van der Waals surface area contributed by atoms with Crippen molar-refractivity contribution in [3.05, 3.63) is 12.2 Å². The summed E-state index contributed by atoms with van der Waals surface area (Å²) in [6.45, 7) is 4.01. The zero-order chi connectivity index (χ0) is 13.1. The summed E-state index contributed by atoms with van der Waals surface area (Å²) in [5, 5.41) is 0. The molecule has 4 heteroatoms. The number of hydrogen-bond donors (Lipinski definition) is 0. The summed E-state index contributed by atoms with van der Waals surface area (Å²) in [4.78, 5) is 17.1. The van der Waals surface area contributed by atoms with E-state index in [1.165, 1.54) is 19.3 Å². The molecule has 0 bridgehead atoms. The zero-order valence-electron chi connectivity index (χ0n) is 11.6. The van der Waals surface area contributed by atoms with Crippen molar-refractivity contribution in [2.75, 3.05) is 32.8 Å². The largest absolute Gasteiger partial charge is 0.378 e. The molecule has 0 spiro atoms. The van der Waals surface area contributed by atoms with Crippen LogP contribution in [0, 0.1) is 0 Å². The molecular weight excluding hydrogens is 240 g/mol. The number of allylic oxidation sites excluding steroid dienone is 1. The average Bonchev–Trinajstić information content (AvgIpc) is 2.98. The molecule has 3 aliphatic rings. The van der Waals surface area contributed by atoms with Crippen LogP contribution in [0.5, 0.6) is 0 Å². The summed E-state index contributed by atoms with van der Waals surface area (Å²) >= 11 is 0. The van der Waals surface area contributed by atoms with Gasteiger partial charge in [0.05, 0.1) is 19.3 Å². The van der Waals surface area contributed by atoms with Crippen LogP contribution >= 0.6 is 0 Å². The number of ether oxygens (including phenoxy) is 1. The van der Waals surface area contributed by atoms with Crippen molar-refractivity contribution in [3.63, 3.8) is 0 Å². The Kier molecular flexibility index (Phi) is 4.18. The summed E-state index contributed by atoms with van der Waals surface area (Å²) in [6.07, 6.45) is 10.5. The van der Waals surface area contributed by atoms with E-state index < -0.39 is 0 Å². The number of carbonyl (C=O) groups is 1. The minimum atomic E-state index is 0.117. The first-order valence-electron chi connectivity index (χ1n) is 7.65. The fourth-order valence-electron chi connectivity index (χ4n) is 3.52. The molecule has 0 unspecified atom stereocenters. The van der Waals surface area contributed by atoms with Crippen molar-refractivity contribution in [3.8, 4) is 0 Å². The van der Waals surface area contributed by atoms with Gasteiger partial charge in [-0.05, 0) is 38.6 Å². The smallest absolute Gasteiger partial charge is 0.240 e. The van der Waals surface area contributed by atoms with Gasteiger partial charge in [0.2, 0.25) is 5.91 Å². The second kappa shape index (κ2) is 6.06. The maximum Gasteiger partial charge on any atom is 0.240 e. The molecule has 2 heterocycles. The van der Waals surface area contributed by atoms with Crippen LogP contribution in [-0.2, 0) is 9.53 Å². The molecule has 3 rings (SSSR count). The van der Waals surface area contributed by atoms with Gasteiger partial charge < -0.3 is 9.64 Å². The van der Waals surface area contributed by atoms with Crippen molar-refractivity contribution in [2.45, 2.75) is 44.2 Å². The third-order valence-corrected chi connectivity index (χ3v) is 4.56. The lowest BCUT2D eigenvalue weighted by atomic mass is 10.0.